The van der Waals surface area contributed by atoms with Crippen molar-refractivity contribution in [3.63, 3.8) is 0 Å². The van der Waals surface area contributed by atoms with E-state index in [1.807, 2.05) is 6.92 Å². The predicted octanol–water partition coefficient (Wildman–Crippen LogP) is -0.0890. The molecule has 0 radical (unpaired) electrons. The van der Waals surface area contributed by atoms with Crippen molar-refractivity contribution in [3.05, 3.63) is 25.3 Å². The molecule has 0 unspecified atom stereocenters. The first-order valence-electron chi connectivity index (χ1n) is 10.1. The van der Waals surface area contributed by atoms with E-state index in [1.165, 1.54) is 0 Å². The van der Waals surface area contributed by atoms with Crippen LogP contribution in [0, 0.1) is 5.41 Å². The summed E-state index contributed by atoms with van der Waals surface area (Å²) in [7, 11) is 0. The number of ether oxygens (including phenoxy) is 3. The third-order valence-corrected chi connectivity index (χ3v) is 4.91. The normalized spacial score (nSPS) is 14.5. The summed E-state index contributed by atoms with van der Waals surface area (Å²) in [6.45, 7) is 9.94. The molecule has 0 aromatic heterocycles. The van der Waals surface area contributed by atoms with E-state index >= 15 is 0 Å². The van der Waals surface area contributed by atoms with Crippen molar-refractivity contribution in [2.45, 2.75) is 19.8 Å². The number of esters is 3. The van der Waals surface area contributed by atoms with E-state index in [-0.39, 0.29) is 32.1 Å². The van der Waals surface area contributed by atoms with E-state index in [2.05, 4.69) is 18.1 Å². The van der Waals surface area contributed by atoms with Crippen LogP contribution < -0.4 is 0 Å². The standard InChI is InChI=1S/C21H32N2O8/c1-4-17(25)23-11-9-22(10-12-23)8-7-20(28)31-16-21(13-24,14-29-18(26)5-2)15-30-19(27)6-3/h5-6,24H,2-4,7-16H2,1H3. The summed E-state index contributed by atoms with van der Waals surface area (Å²) in [5.74, 6) is -1.83. The van der Waals surface area contributed by atoms with Gasteiger partial charge in [-0.3, -0.25) is 14.5 Å². The number of hydrogen-bond acceptors (Lipinski definition) is 9. The second kappa shape index (κ2) is 13.6. The van der Waals surface area contributed by atoms with Gasteiger partial charge < -0.3 is 24.2 Å². The first-order valence-corrected chi connectivity index (χ1v) is 10.1. The maximum Gasteiger partial charge on any atom is 0.330 e. The van der Waals surface area contributed by atoms with Gasteiger partial charge in [-0.2, -0.15) is 0 Å². The maximum absolute atomic E-state index is 12.2. The average Bonchev–Trinajstić information content (AvgIpc) is 2.81. The molecule has 31 heavy (non-hydrogen) atoms. The molecule has 1 rings (SSSR count). The van der Waals surface area contributed by atoms with Crippen LogP contribution in [-0.2, 0) is 33.4 Å². The minimum absolute atomic E-state index is 0.113. The van der Waals surface area contributed by atoms with Gasteiger partial charge in [-0.05, 0) is 0 Å². The number of carbonyl (C=O) groups is 4. The summed E-state index contributed by atoms with van der Waals surface area (Å²) >= 11 is 0. The first-order chi connectivity index (χ1) is 14.8. The number of aliphatic hydroxyl groups excluding tert-OH is 1. The molecule has 0 aromatic rings. The van der Waals surface area contributed by atoms with Gasteiger partial charge in [0.15, 0.2) is 0 Å². The number of aliphatic hydroxyl groups is 1. The Hall–Kier alpha value is -2.72. The Morgan fingerprint density at radius 3 is 1.90 bits per heavy atom. The molecular formula is C21H32N2O8. The van der Waals surface area contributed by atoms with Gasteiger partial charge in [-0.25, -0.2) is 9.59 Å². The molecule has 174 valence electrons. The highest BCUT2D eigenvalue weighted by Crippen LogP contribution is 2.20. The van der Waals surface area contributed by atoms with Gasteiger partial charge in [0.1, 0.15) is 19.8 Å². The molecule has 1 saturated heterocycles. The molecular weight excluding hydrogens is 408 g/mol. The molecule has 10 nitrogen and oxygen atoms in total. The summed E-state index contributed by atoms with van der Waals surface area (Å²) in [5.41, 5.74) is -1.31. The minimum Gasteiger partial charge on any atom is -0.465 e. The zero-order valence-corrected chi connectivity index (χ0v) is 18.0. The van der Waals surface area contributed by atoms with Crippen molar-refractivity contribution in [1.29, 1.82) is 0 Å². The number of rotatable bonds is 13. The van der Waals surface area contributed by atoms with Crippen molar-refractivity contribution >= 4 is 23.8 Å². The van der Waals surface area contributed by atoms with E-state index in [9.17, 15) is 24.3 Å². The zero-order chi connectivity index (χ0) is 23.3. The molecule has 0 spiro atoms. The zero-order valence-electron chi connectivity index (χ0n) is 18.0. The molecule has 0 aliphatic carbocycles. The quantitative estimate of drug-likeness (QED) is 0.238. The van der Waals surface area contributed by atoms with Crippen molar-refractivity contribution in [2.24, 2.45) is 5.41 Å². The van der Waals surface area contributed by atoms with E-state index < -0.39 is 29.9 Å². The van der Waals surface area contributed by atoms with Gasteiger partial charge in [0.25, 0.3) is 0 Å². The molecule has 1 amide bonds. The van der Waals surface area contributed by atoms with Crippen LogP contribution in [-0.4, -0.2) is 97.9 Å². The second-order valence-electron chi connectivity index (χ2n) is 7.27. The Kier molecular flexibility index (Phi) is 11.5. The lowest BCUT2D eigenvalue weighted by Crippen LogP contribution is -2.49. The fraction of sp³-hybridized carbons (Fsp3) is 0.619. The Morgan fingerprint density at radius 1 is 0.935 bits per heavy atom. The smallest absolute Gasteiger partial charge is 0.330 e. The fourth-order valence-corrected chi connectivity index (χ4v) is 2.83. The predicted molar refractivity (Wildman–Crippen MR) is 111 cm³/mol. The third-order valence-electron chi connectivity index (χ3n) is 4.91. The van der Waals surface area contributed by atoms with Gasteiger partial charge in [-0.15, -0.1) is 0 Å². The minimum atomic E-state index is -1.31. The SMILES string of the molecule is C=CC(=O)OCC(CO)(COC(=O)C=C)COC(=O)CCN1CCN(C(=O)CC)CC1. The molecule has 0 aromatic carbocycles. The van der Waals surface area contributed by atoms with Gasteiger partial charge >= 0.3 is 17.9 Å². The monoisotopic (exact) mass is 440 g/mol. The Bertz CT molecular complexity index is 632. The van der Waals surface area contributed by atoms with E-state index in [4.69, 9.17) is 14.2 Å². The van der Waals surface area contributed by atoms with Crippen LogP contribution in [0.15, 0.2) is 25.3 Å². The fourth-order valence-electron chi connectivity index (χ4n) is 2.83. The van der Waals surface area contributed by atoms with E-state index in [0.717, 1.165) is 12.2 Å². The summed E-state index contributed by atoms with van der Waals surface area (Å²) in [6, 6.07) is 0. The highest BCUT2D eigenvalue weighted by molar-refractivity contribution is 5.81. The van der Waals surface area contributed by atoms with Crippen LogP contribution in [0.1, 0.15) is 19.8 Å². The first kappa shape index (κ1) is 26.3. The molecule has 0 atom stereocenters. The Morgan fingerprint density at radius 2 is 1.45 bits per heavy atom. The topological polar surface area (TPSA) is 123 Å². The highest BCUT2D eigenvalue weighted by atomic mass is 16.6. The number of amides is 1. The molecule has 0 saturated carbocycles. The highest BCUT2D eigenvalue weighted by Gasteiger charge is 2.35. The Balaban J connectivity index is 2.53. The summed E-state index contributed by atoms with van der Waals surface area (Å²) in [4.78, 5) is 50.6. The van der Waals surface area contributed by atoms with Crippen molar-refractivity contribution in [3.8, 4) is 0 Å². The third kappa shape index (κ3) is 9.31. The Labute approximate surface area is 182 Å². The van der Waals surface area contributed by atoms with Gasteiger partial charge in [-0.1, -0.05) is 20.1 Å². The average molecular weight is 440 g/mol. The number of nitrogens with zero attached hydrogens (tertiary/aromatic N) is 2. The lowest BCUT2D eigenvalue weighted by molar-refractivity contribution is -0.161. The largest absolute Gasteiger partial charge is 0.465 e. The summed E-state index contributed by atoms with van der Waals surface area (Å²) in [5, 5.41) is 9.82. The van der Waals surface area contributed by atoms with Crippen LogP contribution in [0.3, 0.4) is 0 Å². The summed E-state index contributed by atoms with van der Waals surface area (Å²) < 4.78 is 15.2. The number of hydrogen-bond donors (Lipinski definition) is 1. The van der Waals surface area contributed by atoms with E-state index in [0.29, 0.717) is 39.1 Å². The molecule has 0 bridgehead atoms. The molecule has 1 heterocycles. The second-order valence-corrected chi connectivity index (χ2v) is 7.27. The van der Waals surface area contributed by atoms with Crippen LogP contribution in [0.25, 0.3) is 0 Å². The van der Waals surface area contributed by atoms with E-state index in [1.54, 1.807) is 4.90 Å². The van der Waals surface area contributed by atoms with Gasteiger partial charge in [0.05, 0.1) is 18.4 Å². The van der Waals surface area contributed by atoms with Crippen LogP contribution >= 0.6 is 0 Å². The van der Waals surface area contributed by atoms with Gasteiger partial charge in [0.2, 0.25) is 5.91 Å². The molecule has 1 aliphatic rings. The molecule has 10 heteroatoms. The lowest BCUT2D eigenvalue weighted by atomic mass is 9.92. The lowest BCUT2D eigenvalue weighted by Gasteiger charge is -2.34. The number of piperazine rings is 1. The van der Waals surface area contributed by atoms with Crippen molar-refractivity contribution < 1.29 is 38.5 Å². The van der Waals surface area contributed by atoms with Crippen molar-refractivity contribution in [2.75, 3.05) is 59.2 Å². The van der Waals surface area contributed by atoms with Crippen molar-refractivity contribution in [1.82, 2.24) is 9.80 Å². The van der Waals surface area contributed by atoms with Crippen LogP contribution in [0.4, 0.5) is 0 Å². The van der Waals surface area contributed by atoms with Gasteiger partial charge in [0, 0.05) is 51.3 Å². The molecule has 1 fully saturated rings. The van der Waals surface area contributed by atoms with Crippen LogP contribution in [0.5, 0.6) is 0 Å². The molecule has 1 N–H and O–H groups in total. The molecule has 1 aliphatic heterocycles. The number of carbonyl (C=O) groups excluding carboxylic acids is 4. The maximum atomic E-state index is 12.2. The van der Waals surface area contributed by atoms with Crippen LogP contribution in [0.2, 0.25) is 0 Å². The summed E-state index contributed by atoms with van der Waals surface area (Å²) in [6.07, 6.45) is 2.50.